The van der Waals surface area contributed by atoms with E-state index in [9.17, 15) is 13.2 Å². The molecule has 1 heterocycles. The van der Waals surface area contributed by atoms with Crippen LogP contribution in [0.1, 0.15) is 6.92 Å². The molecule has 11 nitrogen and oxygen atoms in total. The summed E-state index contributed by atoms with van der Waals surface area (Å²) in [5, 5.41) is 3.12. The number of fused-ring (bicyclic) bond motifs is 1. The molecule has 0 saturated heterocycles. The number of carbonyl (C=O) groups is 1. The van der Waals surface area contributed by atoms with Gasteiger partial charge in [-0.15, -0.1) is 0 Å². The highest BCUT2D eigenvalue weighted by Gasteiger charge is 2.22. The molecule has 1 amide bonds. The van der Waals surface area contributed by atoms with Gasteiger partial charge in [-0.25, -0.2) is 18.4 Å². The lowest BCUT2D eigenvalue weighted by Gasteiger charge is -2.25. The van der Waals surface area contributed by atoms with E-state index in [0.717, 1.165) is 0 Å². The Kier molecular flexibility index (Phi) is 7.53. The van der Waals surface area contributed by atoms with Crippen LogP contribution in [0.5, 0.6) is 11.5 Å². The van der Waals surface area contributed by atoms with Gasteiger partial charge in [-0.1, -0.05) is 18.2 Å². The summed E-state index contributed by atoms with van der Waals surface area (Å²) in [5.41, 5.74) is 7.54. The van der Waals surface area contributed by atoms with E-state index >= 15 is 0 Å². The molecule has 0 fully saturated rings. The van der Waals surface area contributed by atoms with Gasteiger partial charge in [0, 0.05) is 36.6 Å². The van der Waals surface area contributed by atoms with Gasteiger partial charge in [-0.05, 0) is 37.3 Å². The number of aromatic nitrogens is 2. The molecule has 1 atom stereocenters. The average Bonchev–Trinajstić information content (AvgIpc) is 2.92. The van der Waals surface area contributed by atoms with Gasteiger partial charge in [0.15, 0.2) is 11.6 Å². The molecule has 0 radical (unpaired) electrons. The van der Waals surface area contributed by atoms with E-state index < -0.39 is 22.0 Å². The number of amides is 1. The molecular formula is C26H28N6O5S. The number of sulfonamides is 1. The molecule has 0 unspecified atom stereocenters. The first-order chi connectivity index (χ1) is 18.1. The summed E-state index contributed by atoms with van der Waals surface area (Å²) >= 11 is 0. The molecule has 0 spiro atoms. The monoisotopic (exact) mass is 536 g/mol. The van der Waals surface area contributed by atoms with E-state index in [1.54, 1.807) is 67.4 Å². The number of rotatable bonds is 10. The minimum atomic E-state index is -4.11. The first-order valence-electron chi connectivity index (χ1n) is 11.5. The third-order valence-corrected chi connectivity index (χ3v) is 7.28. The fraction of sp³-hybridized carbons (Fsp3) is 0.192. The van der Waals surface area contributed by atoms with Crippen LogP contribution in [-0.4, -0.2) is 51.6 Å². The van der Waals surface area contributed by atoms with E-state index in [-0.39, 0.29) is 16.5 Å². The molecule has 0 aliphatic rings. The number of methoxy groups -OCH3 is 2. The van der Waals surface area contributed by atoms with Crippen LogP contribution >= 0.6 is 0 Å². The molecule has 38 heavy (non-hydrogen) atoms. The molecule has 4 N–H and O–H groups in total. The lowest BCUT2D eigenvalue weighted by Crippen LogP contribution is -2.40. The molecule has 0 aliphatic carbocycles. The highest BCUT2D eigenvalue weighted by molar-refractivity contribution is 7.92. The van der Waals surface area contributed by atoms with E-state index in [1.165, 1.54) is 26.4 Å². The van der Waals surface area contributed by atoms with Gasteiger partial charge in [0.1, 0.15) is 17.5 Å². The topological polar surface area (TPSA) is 149 Å². The van der Waals surface area contributed by atoms with Crippen LogP contribution in [0.15, 0.2) is 71.6 Å². The van der Waals surface area contributed by atoms with Crippen LogP contribution in [0, 0.1) is 0 Å². The van der Waals surface area contributed by atoms with Crippen molar-refractivity contribution in [2.75, 3.05) is 36.2 Å². The van der Waals surface area contributed by atoms with Gasteiger partial charge >= 0.3 is 0 Å². The number of likely N-dealkylation sites (N-methyl/N-ethyl adjacent to an activating group) is 1. The quantitative estimate of drug-likeness (QED) is 0.277. The number of anilines is 4. The molecule has 4 aromatic rings. The van der Waals surface area contributed by atoms with E-state index in [0.29, 0.717) is 33.9 Å². The highest BCUT2D eigenvalue weighted by atomic mass is 32.2. The molecule has 0 bridgehead atoms. The average molecular weight is 537 g/mol. The Morgan fingerprint density at radius 3 is 2.11 bits per heavy atom. The van der Waals surface area contributed by atoms with Crippen molar-refractivity contribution < 1.29 is 22.7 Å². The molecule has 0 aliphatic heterocycles. The Morgan fingerprint density at radius 2 is 1.53 bits per heavy atom. The second-order valence-corrected chi connectivity index (χ2v) is 10.1. The summed E-state index contributed by atoms with van der Waals surface area (Å²) in [6.07, 6.45) is 0. The maximum absolute atomic E-state index is 13.5. The molecule has 1 aromatic heterocycles. The largest absolute Gasteiger partial charge is 0.497 e. The summed E-state index contributed by atoms with van der Waals surface area (Å²) in [6, 6.07) is 17.8. The maximum Gasteiger partial charge on any atom is 0.263 e. The van der Waals surface area contributed by atoms with Crippen LogP contribution < -0.4 is 30.1 Å². The Balaban J connectivity index is 1.74. The summed E-state index contributed by atoms with van der Waals surface area (Å²) in [5.74, 6) is 0.714. The summed E-state index contributed by atoms with van der Waals surface area (Å²) < 4.78 is 40.2. The molecule has 198 valence electrons. The van der Waals surface area contributed by atoms with Crippen molar-refractivity contribution in [3.63, 3.8) is 0 Å². The van der Waals surface area contributed by atoms with Crippen LogP contribution in [-0.2, 0) is 14.8 Å². The number of nitrogens with one attached hydrogen (secondary N) is 2. The fourth-order valence-corrected chi connectivity index (χ4v) is 4.69. The zero-order chi connectivity index (χ0) is 27.4. The minimum absolute atomic E-state index is 0.00486. The number of para-hydroxylation sites is 2. The predicted molar refractivity (Wildman–Crippen MR) is 147 cm³/mol. The fourth-order valence-electron chi connectivity index (χ4n) is 3.65. The van der Waals surface area contributed by atoms with Crippen molar-refractivity contribution >= 4 is 50.0 Å². The Morgan fingerprint density at radius 1 is 0.921 bits per heavy atom. The van der Waals surface area contributed by atoms with E-state index in [2.05, 4.69) is 20.0 Å². The van der Waals surface area contributed by atoms with Gasteiger partial charge in [0.2, 0.25) is 5.91 Å². The van der Waals surface area contributed by atoms with Crippen molar-refractivity contribution in [3.8, 4) is 11.5 Å². The van der Waals surface area contributed by atoms with Gasteiger partial charge in [0.05, 0.1) is 30.1 Å². The summed E-state index contributed by atoms with van der Waals surface area (Å²) in [4.78, 5) is 22.3. The van der Waals surface area contributed by atoms with Gasteiger partial charge in [-0.3, -0.25) is 9.52 Å². The number of primary amides is 1. The van der Waals surface area contributed by atoms with E-state index in [1.807, 2.05) is 6.07 Å². The summed E-state index contributed by atoms with van der Waals surface area (Å²) in [6.45, 7) is 1.64. The third kappa shape index (κ3) is 5.70. The maximum atomic E-state index is 13.5. The lowest BCUT2D eigenvalue weighted by molar-refractivity contribution is -0.118. The Labute approximate surface area is 220 Å². The van der Waals surface area contributed by atoms with Crippen LogP contribution in [0.3, 0.4) is 0 Å². The van der Waals surface area contributed by atoms with Crippen molar-refractivity contribution in [1.29, 1.82) is 0 Å². The number of hydrogen-bond donors (Lipinski definition) is 3. The Hall–Kier alpha value is -4.58. The zero-order valence-electron chi connectivity index (χ0n) is 21.3. The molecular weight excluding hydrogens is 508 g/mol. The highest BCUT2D eigenvalue weighted by Crippen LogP contribution is 2.32. The third-order valence-electron chi connectivity index (χ3n) is 5.94. The van der Waals surface area contributed by atoms with Crippen LogP contribution in [0.25, 0.3) is 11.0 Å². The van der Waals surface area contributed by atoms with Crippen molar-refractivity contribution in [2.24, 2.45) is 5.73 Å². The smallest absolute Gasteiger partial charge is 0.263 e. The van der Waals surface area contributed by atoms with Gasteiger partial charge < -0.3 is 25.4 Å². The van der Waals surface area contributed by atoms with Crippen molar-refractivity contribution in [2.45, 2.75) is 17.9 Å². The lowest BCUT2D eigenvalue weighted by atomic mass is 10.2. The second-order valence-electron chi connectivity index (χ2n) is 8.43. The number of nitrogens with zero attached hydrogens (tertiary/aromatic N) is 3. The summed E-state index contributed by atoms with van der Waals surface area (Å²) in [7, 11) is 0.614. The van der Waals surface area contributed by atoms with Crippen LogP contribution in [0.4, 0.5) is 23.0 Å². The molecule has 4 rings (SSSR count). The standard InChI is InChI=1S/C26H28N6O5S/c1-16(24(27)33)32(2)18-8-7-9-21(14-18)38(34,35)31-26-25(29-22-10-5-6-11-23(22)30-26)28-17-12-19(36-3)15-20(13-17)37-4/h5-16H,1-4H3,(H2,27,33)(H,28,29)(H,30,31)/t16-/m1/s1. The van der Waals surface area contributed by atoms with E-state index in [4.69, 9.17) is 15.2 Å². The SMILES string of the molecule is COc1cc(Nc2nc3ccccc3nc2NS(=O)(=O)c2cccc(N(C)[C@H](C)C(N)=O)c2)cc(OC)c1. The van der Waals surface area contributed by atoms with Crippen molar-refractivity contribution in [1.82, 2.24) is 9.97 Å². The predicted octanol–water partition coefficient (Wildman–Crippen LogP) is 3.50. The number of carbonyl (C=O) groups excluding carboxylic acids is 1. The second kappa shape index (κ2) is 10.8. The number of ether oxygens (including phenoxy) is 2. The van der Waals surface area contributed by atoms with Gasteiger partial charge in [0.25, 0.3) is 10.0 Å². The first-order valence-corrected chi connectivity index (χ1v) is 13.0. The van der Waals surface area contributed by atoms with Crippen LogP contribution in [0.2, 0.25) is 0 Å². The zero-order valence-corrected chi connectivity index (χ0v) is 22.1. The number of nitrogens with two attached hydrogens (primary N) is 1. The normalized spacial score (nSPS) is 12.0. The molecule has 3 aromatic carbocycles. The molecule has 12 heteroatoms. The Bertz CT molecular complexity index is 1570. The first kappa shape index (κ1) is 26.5. The number of benzene rings is 3. The van der Waals surface area contributed by atoms with Crippen molar-refractivity contribution in [3.05, 3.63) is 66.7 Å². The minimum Gasteiger partial charge on any atom is -0.497 e. The molecule has 0 saturated carbocycles. The number of hydrogen-bond acceptors (Lipinski definition) is 9. The van der Waals surface area contributed by atoms with Gasteiger partial charge in [-0.2, -0.15) is 0 Å².